The van der Waals surface area contributed by atoms with Gasteiger partial charge in [0.25, 0.3) is 0 Å². The molecule has 0 aromatic heterocycles. The van der Waals surface area contributed by atoms with Gasteiger partial charge < -0.3 is 0 Å². The van der Waals surface area contributed by atoms with Gasteiger partial charge in [-0.1, -0.05) is 0 Å². The Labute approximate surface area is 29.0 Å². The van der Waals surface area contributed by atoms with Crippen LogP contribution in [0.4, 0.5) is 8.78 Å². The highest BCUT2D eigenvalue weighted by Crippen LogP contribution is 1.60. The van der Waals surface area contributed by atoms with Crippen LogP contribution in [-0.4, -0.2) is 13.6 Å². The summed E-state index contributed by atoms with van der Waals surface area (Å²) < 4.78 is 21.2. The minimum Gasteiger partial charge on any atom is -0.232 e. The van der Waals surface area contributed by atoms with Crippen molar-refractivity contribution in [2.75, 3.05) is 13.6 Å². The Balaban J connectivity index is 2.19. The van der Waals surface area contributed by atoms with Crippen molar-refractivity contribution in [3.8, 4) is 0 Å². The number of hydrogen-bond acceptors (Lipinski definition) is 0. The first-order valence-corrected chi connectivity index (χ1v) is 1.17. The molecule has 0 aliphatic carbocycles. The molecule has 0 saturated carbocycles. The fourth-order valence-corrected chi connectivity index (χ4v) is 0.0319. The predicted octanol–water partition coefficient (Wildman–Crippen LogP) is 0.445. The summed E-state index contributed by atoms with van der Waals surface area (Å²) in [6.45, 7) is -1.81. The Bertz CT molecular complexity index is 15.1. The normalized spacial score (nSPS) is 8.40. The van der Waals surface area contributed by atoms with Crippen LogP contribution < -0.4 is 5.32 Å². The van der Waals surface area contributed by atoms with Crippen molar-refractivity contribution in [2.24, 2.45) is 0 Å². The molecule has 0 aliphatic rings. The molecule has 0 unspecified atom stereocenters. The van der Waals surface area contributed by atoms with E-state index in [9.17, 15) is 8.78 Å². The van der Waals surface area contributed by atoms with E-state index in [1.807, 2.05) is 0 Å². The van der Waals surface area contributed by atoms with E-state index < -0.39 is 13.6 Å². The molecular weight excluding hydrogens is 76.0 g/mol. The highest BCUT2D eigenvalue weighted by atomic mass is 19.1. The maximum atomic E-state index is 10.6. The molecule has 3 heteroatoms. The number of nitrogens with zero attached hydrogens (tertiary/aromatic N) is 1. The van der Waals surface area contributed by atoms with Gasteiger partial charge in [0.2, 0.25) is 0 Å². The minimum absolute atomic E-state index is 0.906. The molecule has 31 valence electrons. The second kappa shape index (κ2) is 3.82. The van der Waals surface area contributed by atoms with Crippen LogP contribution in [0.1, 0.15) is 0 Å². The van der Waals surface area contributed by atoms with Crippen LogP contribution in [0.3, 0.4) is 0 Å². The third-order valence-electron chi connectivity index (χ3n) is 0.169. The zero-order valence-electron chi connectivity index (χ0n) is 2.62. The summed E-state index contributed by atoms with van der Waals surface area (Å²) in [5, 5.41) is 2.64. The Hall–Kier alpha value is -0.180. The van der Waals surface area contributed by atoms with Gasteiger partial charge in [-0.05, 0) is 0 Å². The fourth-order valence-electron chi connectivity index (χ4n) is 0.0319. The van der Waals surface area contributed by atoms with E-state index >= 15 is 0 Å². The molecule has 0 spiro atoms. The lowest BCUT2D eigenvalue weighted by molar-refractivity contribution is 0.340. The lowest BCUT2D eigenvalue weighted by atomic mass is 11.2. The Morgan fingerprint density at radius 3 is 1.60 bits per heavy atom. The van der Waals surface area contributed by atoms with Crippen molar-refractivity contribution in [1.82, 2.24) is 5.32 Å². The molecule has 0 aromatic rings. The topological polar surface area (TPSA) is 14.1 Å². The molecule has 0 fully saturated rings. The molecule has 0 rings (SSSR count). The zero-order chi connectivity index (χ0) is 4.12. The van der Waals surface area contributed by atoms with Crippen LogP contribution in [0.25, 0.3) is 0 Å². The van der Waals surface area contributed by atoms with Gasteiger partial charge in [-0.3, -0.25) is 0 Å². The second-order valence-electron chi connectivity index (χ2n) is 0.463. The van der Waals surface area contributed by atoms with Gasteiger partial charge in [-0.25, -0.2) is 8.78 Å². The van der Waals surface area contributed by atoms with Crippen molar-refractivity contribution in [3.05, 3.63) is 0 Å². The van der Waals surface area contributed by atoms with Gasteiger partial charge >= 0.3 is 0 Å². The monoisotopic (exact) mass is 80.0 g/mol. The van der Waals surface area contributed by atoms with E-state index in [4.69, 9.17) is 0 Å². The average molecular weight is 80.1 g/mol. The highest BCUT2D eigenvalue weighted by molar-refractivity contribution is 4.10. The lowest BCUT2D eigenvalue weighted by Gasteiger charge is -1.76. The molecule has 1 nitrogen and oxygen atoms in total. The maximum absolute atomic E-state index is 10.6. The summed E-state index contributed by atoms with van der Waals surface area (Å²) in [5.41, 5.74) is 0. The van der Waals surface area contributed by atoms with Crippen LogP contribution in [0.2, 0.25) is 0 Å². The quantitative estimate of drug-likeness (QED) is 0.427. The van der Waals surface area contributed by atoms with E-state index in [-0.39, 0.29) is 0 Å². The third kappa shape index (κ3) is 3.82. The van der Waals surface area contributed by atoms with Gasteiger partial charge in [0.05, 0.1) is 0 Å². The Morgan fingerprint density at radius 1 is 1.20 bits per heavy atom. The first-order valence-electron chi connectivity index (χ1n) is 1.17. The van der Waals surface area contributed by atoms with E-state index in [2.05, 4.69) is 5.32 Å². The number of alkyl halides is 2. The minimum atomic E-state index is -0.906. The molecule has 0 atom stereocenters. The summed E-state index contributed by atoms with van der Waals surface area (Å²) >= 11 is 0. The van der Waals surface area contributed by atoms with Gasteiger partial charge in [-0.2, -0.15) is 5.32 Å². The zero-order valence-corrected chi connectivity index (χ0v) is 2.62. The molecule has 0 saturated heterocycles. The summed E-state index contributed by atoms with van der Waals surface area (Å²) in [7, 11) is 0. The van der Waals surface area contributed by atoms with Gasteiger partial charge in [0, 0.05) is 0 Å². The van der Waals surface area contributed by atoms with Gasteiger partial charge in [0.15, 0.2) is 13.6 Å². The molecule has 0 bridgehead atoms. The molecule has 0 amide bonds. The van der Waals surface area contributed by atoms with Crippen LogP contribution >= 0.6 is 0 Å². The Morgan fingerprint density at radius 2 is 1.60 bits per heavy atom. The van der Waals surface area contributed by atoms with Crippen molar-refractivity contribution in [2.45, 2.75) is 0 Å². The molecule has 5 heavy (non-hydrogen) atoms. The van der Waals surface area contributed by atoms with E-state index in [1.165, 1.54) is 0 Å². The number of halogens is 2. The summed E-state index contributed by atoms with van der Waals surface area (Å²) in [6.07, 6.45) is 0. The van der Waals surface area contributed by atoms with Crippen LogP contribution in [-0.2, 0) is 0 Å². The average Bonchev–Trinajstić information content (AvgIpc) is 1.41. The summed E-state index contributed by atoms with van der Waals surface area (Å²) in [5.74, 6) is 0. The highest BCUT2D eigenvalue weighted by Gasteiger charge is 1.72. The lowest BCUT2D eigenvalue weighted by Crippen LogP contribution is -1.97. The summed E-state index contributed by atoms with van der Waals surface area (Å²) in [4.78, 5) is 0. The predicted molar refractivity (Wildman–Crippen MR) is 14.1 cm³/mol. The van der Waals surface area contributed by atoms with E-state index in [1.54, 1.807) is 0 Å². The smallest absolute Gasteiger partial charge is 0.158 e. The Kier molecular flexibility index (Phi) is 3.68. The van der Waals surface area contributed by atoms with E-state index in [0.29, 0.717) is 0 Å². The fraction of sp³-hybridized carbons (Fsp3) is 1.00. The molecular formula is C2H4F2N. The van der Waals surface area contributed by atoms with Crippen LogP contribution in [0.5, 0.6) is 0 Å². The third-order valence-corrected chi connectivity index (χ3v) is 0.169. The first-order chi connectivity index (χ1) is 2.41. The van der Waals surface area contributed by atoms with Crippen molar-refractivity contribution >= 4 is 0 Å². The largest absolute Gasteiger partial charge is 0.232 e. The molecule has 0 heterocycles. The molecule has 0 aliphatic heterocycles. The van der Waals surface area contributed by atoms with Crippen LogP contribution in [0.15, 0.2) is 0 Å². The molecule has 0 aromatic carbocycles. The maximum Gasteiger partial charge on any atom is 0.158 e. The standard InChI is InChI=1S/C2H4F2N/c3-1-5-2-4/h1-2H2. The number of hydrogen-bond donors (Lipinski definition) is 0. The van der Waals surface area contributed by atoms with Crippen LogP contribution in [0, 0.1) is 0 Å². The first kappa shape index (κ1) is 4.82. The van der Waals surface area contributed by atoms with Crippen molar-refractivity contribution < 1.29 is 8.78 Å². The van der Waals surface area contributed by atoms with E-state index in [0.717, 1.165) is 0 Å². The summed E-state index contributed by atoms with van der Waals surface area (Å²) in [6, 6.07) is 0. The second-order valence-corrected chi connectivity index (χ2v) is 0.463. The number of rotatable bonds is 2. The van der Waals surface area contributed by atoms with Gasteiger partial charge in [-0.15, -0.1) is 0 Å². The SMILES string of the molecule is FC[N]CF. The molecule has 0 N–H and O–H groups in total. The molecule has 1 radical (unpaired) electrons. The van der Waals surface area contributed by atoms with Gasteiger partial charge in [0.1, 0.15) is 0 Å². The van der Waals surface area contributed by atoms with Crippen molar-refractivity contribution in [3.63, 3.8) is 0 Å². The van der Waals surface area contributed by atoms with Crippen molar-refractivity contribution in [1.29, 1.82) is 0 Å².